The molecular weight excluding hydrogens is 245 g/mol. The third-order valence-electron chi connectivity index (χ3n) is 3.00. The standard InChI is InChI=1S/C14H16FN3O/c1-3-14(2,19)13-10-18(17-16-13)9-8-11-4-6-12(15)7-5-11/h3-7,10,19H,1,8-9H2,2H3. The third kappa shape index (κ3) is 3.26. The van der Waals surface area contributed by atoms with Crippen LogP contribution in [0.15, 0.2) is 43.1 Å². The first-order valence-electron chi connectivity index (χ1n) is 6.02. The molecule has 0 aliphatic carbocycles. The van der Waals surface area contributed by atoms with E-state index in [4.69, 9.17) is 0 Å². The molecule has 0 spiro atoms. The Bertz CT molecular complexity index is 560. The Morgan fingerprint density at radius 1 is 1.42 bits per heavy atom. The van der Waals surface area contributed by atoms with E-state index in [9.17, 15) is 9.50 Å². The fraction of sp³-hybridized carbons (Fsp3) is 0.286. The van der Waals surface area contributed by atoms with Crippen LogP contribution in [0.5, 0.6) is 0 Å². The average molecular weight is 261 g/mol. The Kier molecular flexibility index (Phi) is 3.76. The number of hydrogen-bond donors (Lipinski definition) is 1. The molecule has 0 amide bonds. The first kappa shape index (κ1) is 13.4. The van der Waals surface area contributed by atoms with Crippen molar-refractivity contribution in [3.63, 3.8) is 0 Å². The van der Waals surface area contributed by atoms with Crippen LogP contribution in [0.3, 0.4) is 0 Å². The highest BCUT2D eigenvalue weighted by atomic mass is 19.1. The van der Waals surface area contributed by atoms with Gasteiger partial charge in [0.05, 0.1) is 6.20 Å². The zero-order chi connectivity index (χ0) is 13.9. The summed E-state index contributed by atoms with van der Waals surface area (Å²) in [4.78, 5) is 0. The summed E-state index contributed by atoms with van der Waals surface area (Å²) in [6, 6.07) is 6.36. The van der Waals surface area contributed by atoms with Gasteiger partial charge in [0, 0.05) is 6.54 Å². The highest BCUT2D eigenvalue weighted by molar-refractivity contribution is 5.16. The molecule has 0 bridgehead atoms. The normalized spacial score (nSPS) is 14.1. The predicted molar refractivity (Wildman–Crippen MR) is 69.9 cm³/mol. The van der Waals surface area contributed by atoms with Gasteiger partial charge in [0.25, 0.3) is 0 Å². The molecule has 100 valence electrons. The lowest BCUT2D eigenvalue weighted by Gasteiger charge is -2.13. The SMILES string of the molecule is C=CC(C)(O)c1cn(CCc2ccc(F)cc2)nn1. The first-order valence-corrected chi connectivity index (χ1v) is 6.02. The first-order chi connectivity index (χ1) is 9.01. The molecule has 1 atom stereocenters. The average Bonchev–Trinajstić information content (AvgIpc) is 2.88. The molecule has 2 aromatic rings. The van der Waals surface area contributed by atoms with Gasteiger partial charge in [0.15, 0.2) is 0 Å². The van der Waals surface area contributed by atoms with Crippen LogP contribution < -0.4 is 0 Å². The van der Waals surface area contributed by atoms with Crippen LogP contribution >= 0.6 is 0 Å². The smallest absolute Gasteiger partial charge is 0.125 e. The molecular formula is C14H16FN3O. The number of hydrogen-bond acceptors (Lipinski definition) is 3. The van der Waals surface area contributed by atoms with Crippen molar-refractivity contribution in [3.05, 3.63) is 60.2 Å². The van der Waals surface area contributed by atoms with E-state index in [1.54, 1.807) is 29.9 Å². The van der Waals surface area contributed by atoms with Gasteiger partial charge in [-0.1, -0.05) is 30.0 Å². The summed E-state index contributed by atoms with van der Waals surface area (Å²) in [5.41, 5.74) is 0.309. The number of aromatic nitrogens is 3. The lowest BCUT2D eigenvalue weighted by Crippen LogP contribution is -2.17. The van der Waals surface area contributed by atoms with E-state index in [-0.39, 0.29) is 5.82 Å². The highest BCUT2D eigenvalue weighted by Gasteiger charge is 2.22. The number of aryl methyl sites for hydroxylation is 2. The minimum Gasteiger partial charge on any atom is -0.380 e. The fourth-order valence-corrected chi connectivity index (χ4v) is 1.64. The molecule has 1 N–H and O–H groups in total. The summed E-state index contributed by atoms with van der Waals surface area (Å²) in [7, 11) is 0. The van der Waals surface area contributed by atoms with E-state index in [0.29, 0.717) is 12.2 Å². The third-order valence-corrected chi connectivity index (χ3v) is 3.00. The molecule has 1 aromatic heterocycles. The Hall–Kier alpha value is -2.01. The van der Waals surface area contributed by atoms with Gasteiger partial charge in [0.2, 0.25) is 0 Å². The second-order valence-electron chi connectivity index (χ2n) is 4.59. The van der Waals surface area contributed by atoms with Crippen LogP contribution in [0.25, 0.3) is 0 Å². The summed E-state index contributed by atoms with van der Waals surface area (Å²) in [5, 5.41) is 17.8. The van der Waals surface area contributed by atoms with Gasteiger partial charge < -0.3 is 5.11 Å². The lowest BCUT2D eigenvalue weighted by atomic mass is 10.0. The maximum absolute atomic E-state index is 12.8. The van der Waals surface area contributed by atoms with Crippen LogP contribution in [0.1, 0.15) is 18.2 Å². The van der Waals surface area contributed by atoms with Crippen LogP contribution in [-0.2, 0) is 18.6 Å². The predicted octanol–water partition coefficient (Wildman–Crippen LogP) is 2.05. The van der Waals surface area contributed by atoms with Crippen molar-refractivity contribution in [2.45, 2.75) is 25.5 Å². The Morgan fingerprint density at radius 3 is 2.74 bits per heavy atom. The summed E-state index contributed by atoms with van der Waals surface area (Å²) < 4.78 is 14.4. The maximum Gasteiger partial charge on any atom is 0.125 e. The molecule has 4 nitrogen and oxygen atoms in total. The van der Waals surface area contributed by atoms with Crippen molar-refractivity contribution in [2.24, 2.45) is 0 Å². The molecule has 19 heavy (non-hydrogen) atoms. The summed E-state index contributed by atoms with van der Waals surface area (Å²) in [6.07, 6.45) is 3.83. The molecule has 2 rings (SSSR count). The zero-order valence-corrected chi connectivity index (χ0v) is 10.8. The Balaban J connectivity index is 2.01. The molecule has 5 heteroatoms. The zero-order valence-electron chi connectivity index (χ0n) is 10.8. The van der Waals surface area contributed by atoms with Crippen molar-refractivity contribution in [3.8, 4) is 0 Å². The lowest BCUT2D eigenvalue weighted by molar-refractivity contribution is 0.106. The molecule has 0 aliphatic heterocycles. The summed E-state index contributed by atoms with van der Waals surface area (Å²) in [6.45, 7) is 5.78. The van der Waals surface area contributed by atoms with Crippen molar-refractivity contribution in [1.29, 1.82) is 0 Å². The number of halogens is 1. The molecule has 0 aliphatic rings. The molecule has 0 saturated carbocycles. The van der Waals surface area contributed by atoms with Crippen LogP contribution in [-0.4, -0.2) is 20.1 Å². The monoisotopic (exact) mass is 261 g/mol. The molecule has 0 fully saturated rings. The highest BCUT2D eigenvalue weighted by Crippen LogP contribution is 2.18. The van der Waals surface area contributed by atoms with E-state index in [0.717, 1.165) is 12.0 Å². The van der Waals surface area contributed by atoms with Gasteiger partial charge in [-0.25, -0.2) is 4.39 Å². The van der Waals surface area contributed by atoms with Gasteiger partial charge in [0.1, 0.15) is 17.1 Å². The topological polar surface area (TPSA) is 50.9 Å². The minimum atomic E-state index is -1.17. The fourth-order valence-electron chi connectivity index (χ4n) is 1.64. The second kappa shape index (κ2) is 5.32. The van der Waals surface area contributed by atoms with Gasteiger partial charge in [-0.15, -0.1) is 5.10 Å². The number of nitrogens with zero attached hydrogens (tertiary/aromatic N) is 3. The van der Waals surface area contributed by atoms with E-state index in [1.165, 1.54) is 18.2 Å². The Morgan fingerprint density at radius 2 is 2.11 bits per heavy atom. The van der Waals surface area contributed by atoms with Gasteiger partial charge in [-0.3, -0.25) is 4.68 Å². The molecule has 1 unspecified atom stereocenters. The van der Waals surface area contributed by atoms with Crippen molar-refractivity contribution >= 4 is 0 Å². The largest absolute Gasteiger partial charge is 0.380 e. The quantitative estimate of drug-likeness (QED) is 0.838. The molecule has 0 saturated heterocycles. The van der Waals surface area contributed by atoms with E-state index < -0.39 is 5.60 Å². The van der Waals surface area contributed by atoms with Crippen molar-refractivity contribution in [1.82, 2.24) is 15.0 Å². The molecule has 1 heterocycles. The van der Waals surface area contributed by atoms with E-state index in [1.807, 2.05) is 0 Å². The van der Waals surface area contributed by atoms with Crippen LogP contribution in [0, 0.1) is 5.82 Å². The van der Waals surface area contributed by atoms with Crippen molar-refractivity contribution < 1.29 is 9.50 Å². The van der Waals surface area contributed by atoms with Crippen LogP contribution in [0.4, 0.5) is 4.39 Å². The maximum atomic E-state index is 12.8. The van der Waals surface area contributed by atoms with Gasteiger partial charge in [-0.05, 0) is 31.0 Å². The number of aliphatic hydroxyl groups is 1. The van der Waals surface area contributed by atoms with Gasteiger partial charge in [-0.2, -0.15) is 0 Å². The van der Waals surface area contributed by atoms with E-state index in [2.05, 4.69) is 16.9 Å². The minimum absolute atomic E-state index is 0.242. The summed E-state index contributed by atoms with van der Waals surface area (Å²) >= 11 is 0. The van der Waals surface area contributed by atoms with E-state index >= 15 is 0 Å². The Labute approximate surface area is 111 Å². The van der Waals surface area contributed by atoms with Gasteiger partial charge >= 0.3 is 0 Å². The second-order valence-corrected chi connectivity index (χ2v) is 4.59. The molecule has 0 radical (unpaired) electrons. The van der Waals surface area contributed by atoms with Crippen molar-refractivity contribution in [2.75, 3.05) is 0 Å². The van der Waals surface area contributed by atoms with Crippen LogP contribution in [0.2, 0.25) is 0 Å². The molecule has 1 aromatic carbocycles. The number of rotatable bonds is 5. The summed E-state index contributed by atoms with van der Waals surface area (Å²) in [5.74, 6) is -0.242. The number of benzene rings is 1.